The normalized spacial score (nSPS) is 12.9. The van der Waals surface area contributed by atoms with Crippen molar-refractivity contribution in [3.05, 3.63) is 216 Å². The average Bonchev–Trinajstić information content (AvgIpc) is 3.78. The average molecular weight is 774 g/mol. The van der Waals surface area contributed by atoms with Gasteiger partial charge in [-0.05, 0) is 103 Å². The monoisotopic (exact) mass is 773 g/mol. The molecule has 60 heavy (non-hydrogen) atoms. The van der Waals surface area contributed by atoms with Crippen LogP contribution in [0.3, 0.4) is 0 Å². The zero-order chi connectivity index (χ0) is 41.0. The van der Waals surface area contributed by atoms with Crippen molar-refractivity contribution >= 4 is 55.2 Å². The molecule has 0 unspecified atom stereocenters. The van der Waals surface area contributed by atoms with Crippen molar-refractivity contribution < 1.29 is 4.42 Å². The predicted molar refractivity (Wildman–Crippen MR) is 252 cm³/mol. The van der Waals surface area contributed by atoms with E-state index < -0.39 is 0 Å². The molecule has 288 valence electrons. The Hall–Kier alpha value is -7.56. The Labute approximate surface area is 349 Å². The maximum absolute atomic E-state index is 8.40. The first-order chi connectivity index (χ1) is 29.2. The van der Waals surface area contributed by atoms with Crippen LogP contribution in [0.5, 0.6) is 0 Å². The molecule has 9 aromatic carbocycles. The number of aliphatic imine (C=N–C) groups is 1. The summed E-state index contributed by atoms with van der Waals surface area (Å²) >= 11 is 0. The molecule has 10 aromatic rings. The van der Waals surface area contributed by atoms with Crippen LogP contribution >= 0.6 is 0 Å². The van der Waals surface area contributed by atoms with Gasteiger partial charge in [-0.1, -0.05) is 177 Å². The molecular weight excluding hydrogens is 731 g/mol. The van der Waals surface area contributed by atoms with Gasteiger partial charge in [0.1, 0.15) is 17.0 Å². The van der Waals surface area contributed by atoms with Crippen LogP contribution in [0.15, 0.2) is 197 Å². The van der Waals surface area contributed by atoms with E-state index in [1.807, 2.05) is 36.4 Å². The minimum atomic E-state index is -0.0864. The molecule has 1 aliphatic rings. The van der Waals surface area contributed by atoms with Crippen LogP contribution in [0.25, 0.3) is 76.9 Å². The fourth-order valence-electron chi connectivity index (χ4n) is 8.95. The van der Waals surface area contributed by atoms with Crippen molar-refractivity contribution in [3.63, 3.8) is 0 Å². The second-order valence-electron chi connectivity index (χ2n) is 16.2. The quantitative estimate of drug-likeness (QED) is 0.106. The van der Waals surface area contributed by atoms with E-state index in [0.29, 0.717) is 5.84 Å². The van der Waals surface area contributed by atoms with Crippen LogP contribution in [-0.2, 0) is 5.41 Å². The summed E-state index contributed by atoms with van der Waals surface area (Å²) in [6, 6.07) is 65.6. The number of fused-ring (bicyclic) bond motifs is 9. The van der Waals surface area contributed by atoms with Gasteiger partial charge in [-0.3, -0.25) is 5.41 Å². The lowest BCUT2D eigenvalue weighted by Gasteiger charge is -2.21. The maximum atomic E-state index is 8.40. The first-order valence-corrected chi connectivity index (χ1v) is 20.4. The van der Waals surface area contributed by atoms with Crippen molar-refractivity contribution in [1.29, 1.82) is 5.41 Å². The minimum absolute atomic E-state index is 0.0864. The van der Waals surface area contributed by atoms with E-state index in [-0.39, 0.29) is 11.3 Å². The molecule has 1 heterocycles. The third kappa shape index (κ3) is 6.43. The molecule has 1 aromatic heterocycles. The SMILES string of the molecule is CC1(C)c2ccccc2-c2ccc(C(=N)N=C(N)c3ccccc3)cc21.Cc1cccc(-c2cccc3oc4ccc(-c5ccc6ccc7ccccc7c6c5)cc4c23)c1. The lowest BCUT2D eigenvalue weighted by Crippen LogP contribution is -2.17. The number of hydrogen-bond acceptors (Lipinski definition) is 2. The van der Waals surface area contributed by atoms with E-state index in [9.17, 15) is 0 Å². The van der Waals surface area contributed by atoms with Crippen LogP contribution in [0, 0.1) is 12.3 Å². The van der Waals surface area contributed by atoms with E-state index in [2.05, 4.69) is 177 Å². The summed E-state index contributed by atoms with van der Waals surface area (Å²) in [7, 11) is 0. The number of nitrogens with zero attached hydrogens (tertiary/aromatic N) is 1. The summed E-state index contributed by atoms with van der Waals surface area (Å²) in [5, 5.41) is 15.8. The lowest BCUT2D eigenvalue weighted by atomic mass is 9.82. The smallest absolute Gasteiger partial charge is 0.154 e. The molecule has 0 radical (unpaired) electrons. The molecule has 11 rings (SSSR count). The van der Waals surface area contributed by atoms with Crippen molar-refractivity contribution in [2.75, 3.05) is 0 Å². The molecule has 0 saturated heterocycles. The number of amidine groups is 2. The zero-order valence-electron chi connectivity index (χ0n) is 33.8. The molecule has 0 fully saturated rings. The molecule has 3 N–H and O–H groups in total. The van der Waals surface area contributed by atoms with Gasteiger partial charge >= 0.3 is 0 Å². The van der Waals surface area contributed by atoms with Gasteiger partial charge in [0.15, 0.2) is 5.84 Å². The van der Waals surface area contributed by atoms with Crippen molar-refractivity contribution in [2.45, 2.75) is 26.2 Å². The molecule has 0 saturated carbocycles. The van der Waals surface area contributed by atoms with E-state index in [4.69, 9.17) is 15.6 Å². The van der Waals surface area contributed by atoms with Crippen LogP contribution < -0.4 is 5.73 Å². The van der Waals surface area contributed by atoms with Gasteiger partial charge in [-0.2, -0.15) is 0 Å². The summed E-state index contributed by atoms with van der Waals surface area (Å²) in [4.78, 5) is 4.32. The molecule has 0 bridgehead atoms. The first kappa shape index (κ1) is 36.8. The van der Waals surface area contributed by atoms with Crippen LogP contribution in [-0.4, -0.2) is 11.7 Å². The van der Waals surface area contributed by atoms with Gasteiger partial charge in [0.25, 0.3) is 0 Å². The fraction of sp³-hybridized carbons (Fsp3) is 0.0714. The Morgan fingerprint density at radius 2 is 1.17 bits per heavy atom. The highest BCUT2D eigenvalue weighted by Crippen LogP contribution is 2.48. The van der Waals surface area contributed by atoms with Gasteiger partial charge in [0.05, 0.1) is 0 Å². The summed E-state index contributed by atoms with van der Waals surface area (Å²) in [6.45, 7) is 6.60. The Morgan fingerprint density at radius 1 is 0.500 bits per heavy atom. The topological polar surface area (TPSA) is 75.4 Å². The highest BCUT2D eigenvalue weighted by atomic mass is 16.3. The minimum Gasteiger partial charge on any atom is -0.456 e. The van der Waals surface area contributed by atoms with E-state index in [0.717, 1.165) is 27.7 Å². The van der Waals surface area contributed by atoms with Gasteiger partial charge < -0.3 is 10.2 Å². The van der Waals surface area contributed by atoms with Crippen LogP contribution in [0.1, 0.15) is 41.7 Å². The standard InChI is InChI=1S/C33H22O.C23H21N3/c1-21-6-4-8-26(18-21)28-10-5-11-32-33(28)30-20-25(16-17-31(30)34-32)24-15-14-23-13-12-22-7-2-3-9-27(22)29(23)19-24;1-23(2)19-11-7-6-10-17(19)18-13-12-16(14-20(18)23)22(25)26-21(24)15-8-4-3-5-9-15/h2-20H,1H3;3-14H,1-2H3,(H3,24,25,26). The second kappa shape index (κ2) is 14.7. The molecule has 0 spiro atoms. The first-order valence-electron chi connectivity index (χ1n) is 20.4. The zero-order valence-corrected chi connectivity index (χ0v) is 33.8. The highest BCUT2D eigenvalue weighted by Gasteiger charge is 2.35. The number of rotatable bonds is 4. The van der Waals surface area contributed by atoms with E-state index in [1.165, 1.54) is 77.0 Å². The largest absolute Gasteiger partial charge is 0.456 e. The Bertz CT molecular complexity index is 3330. The molecule has 1 aliphatic carbocycles. The predicted octanol–water partition coefficient (Wildman–Crippen LogP) is 14.3. The van der Waals surface area contributed by atoms with Crippen molar-refractivity contribution in [2.24, 2.45) is 10.7 Å². The third-order valence-corrected chi connectivity index (χ3v) is 12.1. The molecule has 4 nitrogen and oxygen atoms in total. The number of benzene rings is 9. The lowest BCUT2D eigenvalue weighted by molar-refractivity contribution is 0.660. The fourth-order valence-corrected chi connectivity index (χ4v) is 8.95. The number of hydrogen-bond donors (Lipinski definition) is 2. The number of furan rings is 1. The number of nitrogens with two attached hydrogens (primary N) is 1. The van der Waals surface area contributed by atoms with Crippen molar-refractivity contribution in [1.82, 2.24) is 0 Å². The van der Waals surface area contributed by atoms with Gasteiger partial charge in [0, 0.05) is 27.3 Å². The molecule has 0 atom stereocenters. The van der Waals surface area contributed by atoms with Crippen LogP contribution in [0.2, 0.25) is 0 Å². The molecule has 0 amide bonds. The summed E-state index contributed by atoms with van der Waals surface area (Å²) < 4.78 is 6.26. The second-order valence-corrected chi connectivity index (χ2v) is 16.2. The van der Waals surface area contributed by atoms with Gasteiger partial charge in [-0.25, -0.2) is 4.99 Å². The van der Waals surface area contributed by atoms with Gasteiger partial charge in [-0.15, -0.1) is 0 Å². The van der Waals surface area contributed by atoms with E-state index >= 15 is 0 Å². The van der Waals surface area contributed by atoms with Crippen molar-refractivity contribution in [3.8, 4) is 33.4 Å². The highest BCUT2D eigenvalue weighted by molar-refractivity contribution is 6.14. The van der Waals surface area contributed by atoms with E-state index in [1.54, 1.807) is 0 Å². The molecule has 0 aliphatic heterocycles. The maximum Gasteiger partial charge on any atom is 0.154 e. The summed E-state index contributed by atoms with van der Waals surface area (Å²) in [5.74, 6) is 0.541. The molecular formula is C56H43N3O. The summed E-state index contributed by atoms with van der Waals surface area (Å²) in [5.41, 5.74) is 20.6. The molecule has 4 heteroatoms. The number of aryl methyl sites for hydroxylation is 1. The van der Waals surface area contributed by atoms with Crippen LogP contribution in [0.4, 0.5) is 0 Å². The Kier molecular flexibility index (Phi) is 8.99. The Balaban J connectivity index is 0.000000150. The summed E-state index contributed by atoms with van der Waals surface area (Å²) in [6.07, 6.45) is 0. The number of nitrogens with one attached hydrogen (secondary N) is 1. The van der Waals surface area contributed by atoms with Gasteiger partial charge in [0.2, 0.25) is 0 Å². The third-order valence-electron chi connectivity index (χ3n) is 12.1. The Morgan fingerprint density at radius 3 is 2.00 bits per heavy atom.